The number of amides is 4. The summed E-state index contributed by atoms with van der Waals surface area (Å²) in [7, 11) is 1.20. The highest BCUT2D eigenvalue weighted by Gasteiger charge is 2.37. The standard InChI is InChI=1S/C28H44N4O7/c1-7-9-10-11-16-32(26(36)21(17-22(29)33)31-27(37)39-28(3,4)5)24(25(35)30-18-23(34)38-6)20-14-12-19(8-2)13-15-20/h12-15,21,24H,7-11,16-18H2,1-6H3,(H2,29,33)(H,30,35)(H,31,37). The lowest BCUT2D eigenvalue weighted by Crippen LogP contribution is -2.54. The molecule has 0 fully saturated rings. The Morgan fingerprint density at radius 1 is 1.00 bits per heavy atom. The van der Waals surface area contributed by atoms with Crippen molar-refractivity contribution in [2.45, 2.75) is 90.8 Å². The van der Waals surface area contributed by atoms with Gasteiger partial charge in [-0.1, -0.05) is 57.4 Å². The van der Waals surface area contributed by atoms with E-state index in [-0.39, 0.29) is 6.54 Å². The number of aryl methyl sites for hydroxylation is 1. The number of ether oxygens (including phenoxy) is 2. The monoisotopic (exact) mass is 548 g/mol. The quantitative estimate of drug-likeness (QED) is 0.225. The van der Waals surface area contributed by atoms with Crippen LogP contribution in [0.5, 0.6) is 0 Å². The van der Waals surface area contributed by atoms with Crippen LogP contribution in [0, 0.1) is 0 Å². The largest absolute Gasteiger partial charge is 0.468 e. The highest BCUT2D eigenvalue weighted by Crippen LogP contribution is 2.25. The molecule has 4 N–H and O–H groups in total. The first-order chi connectivity index (χ1) is 18.3. The van der Waals surface area contributed by atoms with E-state index in [0.717, 1.165) is 31.2 Å². The van der Waals surface area contributed by atoms with Gasteiger partial charge in [0.2, 0.25) is 17.7 Å². The van der Waals surface area contributed by atoms with Crippen LogP contribution >= 0.6 is 0 Å². The summed E-state index contributed by atoms with van der Waals surface area (Å²) >= 11 is 0. The van der Waals surface area contributed by atoms with Crippen LogP contribution in [0.2, 0.25) is 0 Å². The van der Waals surface area contributed by atoms with Gasteiger partial charge in [-0.15, -0.1) is 0 Å². The van der Waals surface area contributed by atoms with Crippen molar-refractivity contribution < 1.29 is 33.4 Å². The third-order valence-electron chi connectivity index (χ3n) is 5.83. The smallest absolute Gasteiger partial charge is 0.408 e. The molecular formula is C28H44N4O7. The molecule has 0 aromatic heterocycles. The zero-order chi connectivity index (χ0) is 29.6. The summed E-state index contributed by atoms with van der Waals surface area (Å²) < 4.78 is 9.92. The molecule has 218 valence electrons. The van der Waals surface area contributed by atoms with Crippen molar-refractivity contribution in [1.82, 2.24) is 15.5 Å². The fourth-order valence-electron chi connectivity index (χ4n) is 3.86. The van der Waals surface area contributed by atoms with E-state index in [9.17, 15) is 24.0 Å². The first kappa shape index (κ1) is 33.4. The molecular weight excluding hydrogens is 504 g/mol. The van der Waals surface area contributed by atoms with Crippen molar-refractivity contribution in [3.05, 3.63) is 35.4 Å². The Hall–Kier alpha value is -3.63. The van der Waals surface area contributed by atoms with Crippen LogP contribution in [0.3, 0.4) is 0 Å². The molecule has 0 heterocycles. The number of esters is 1. The van der Waals surface area contributed by atoms with Gasteiger partial charge in [-0.25, -0.2) is 4.79 Å². The maximum atomic E-state index is 14.0. The van der Waals surface area contributed by atoms with E-state index in [1.54, 1.807) is 32.9 Å². The van der Waals surface area contributed by atoms with E-state index >= 15 is 0 Å². The molecule has 2 unspecified atom stereocenters. The molecule has 0 aliphatic rings. The van der Waals surface area contributed by atoms with Crippen molar-refractivity contribution in [3.8, 4) is 0 Å². The number of hydrogen-bond acceptors (Lipinski definition) is 7. The maximum Gasteiger partial charge on any atom is 0.408 e. The molecule has 1 rings (SSSR count). The Morgan fingerprint density at radius 2 is 1.64 bits per heavy atom. The predicted octanol–water partition coefficient (Wildman–Crippen LogP) is 2.76. The second-order valence-electron chi connectivity index (χ2n) is 10.3. The van der Waals surface area contributed by atoms with Gasteiger partial charge in [0.1, 0.15) is 24.2 Å². The molecule has 0 spiro atoms. The van der Waals surface area contributed by atoms with Gasteiger partial charge >= 0.3 is 12.1 Å². The summed E-state index contributed by atoms with van der Waals surface area (Å²) in [5, 5.41) is 4.99. The van der Waals surface area contributed by atoms with Crippen LogP contribution in [0.15, 0.2) is 24.3 Å². The second kappa shape index (κ2) is 16.4. The van der Waals surface area contributed by atoms with E-state index < -0.39 is 60.4 Å². The summed E-state index contributed by atoms with van der Waals surface area (Å²) in [6, 6.07) is 4.70. The average molecular weight is 549 g/mol. The number of nitrogens with two attached hydrogens (primary N) is 1. The number of carbonyl (C=O) groups is 5. The molecule has 11 nitrogen and oxygen atoms in total. The number of carbonyl (C=O) groups excluding carboxylic acids is 5. The van der Waals surface area contributed by atoms with Gasteiger partial charge in [-0.3, -0.25) is 19.2 Å². The molecule has 4 amide bonds. The Bertz CT molecular complexity index is 973. The van der Waals surface area contributed by atoms with Crippen LogP contribution < -0.4 is 16.4 Å². The summed E-state index contributed by atoms with van der Waals surface area (Å²) in [6.07, 6.45) is 2.64. The minimum Gasteiger partial charge on any atom is -0.468 e. The number of rotatable bonds is 15. The molecule has 0 radical (unpaired) electrons. The van der Waals surface area contributed by atoms with Gasteiger partial charge in [0, 0.05) is 6.54 Å². The first-order valence-corrected chi connectivity index (χ1v) is 13.3. The average Bonchev–Trinajstić information content (AvgIpc) is 2.86. The Labute approximate surface area is 231 Å². The Kier molecular flexibility index (Phi) is 14.0. The van der Waals surface area contributed by atoms with Gasteiger partial charge in [-0.2, -0.15) is 0 Å². The number of alkyl carbamates (subject to hydrolysis) is 1. The van der Waals surface area contributed by atoms with E-state index in [0.29, 0.717) is 12.0 Å². The molecule has 11 heteroatoms. The van der Waals surface area contributed by atoms with Crippen molar-refractivity contribution in [2.24, 2.45) is 5.73 Å². The van der Waals surface area contributed by atoms with Crippen molar-refractivity contribution in [3.63, 3.8) is 0 Å². The van der Waals surface area contributed by atoms with Crippen molar-refractivity contribution >= 4 is 29.8 Å². The summed E-state index contributed by atoms with van der Waals surface area (Å²) in [5.74, 6) is -2.74. The van der Waals surface area contributed by atoms with Gasteiger partial charge in [0.15, 0.2) is 0 Å². The zero-order valence-electron chi connectivity index (χ0n) is 24.0. The molecule has 1 aromatic rings. The Morgan fingerprint density at radius 3 is 2.15 bits per heavy atom. The molecule has 0 saturated carbocycles. The summed E-state index contributed by atoms with van der Waals surface area (Å²) in [5.41, 5.74) is 6.11. The molecule has 39 heavy (non-hydrogen) atoms. The van der Waals surface area contributed by atoms with Crippen LogP contribution in [-0.2, 0) is 35.1 Å². The molecule has 2 atom stereocenters. The summed E-state index contributed by atoms with van der Waals surface area (Å²) in [6.45, 7) is 8.82. The Balaban J connectivity index is 3.51. The van der Waals surface area contributed by atoms with Crippen LogP contribution in [-0.4, -0.2) is 66.5 Å². The molecule has 0 aliphatic heterocycles. The second-order valence-corrected chi connectivity index (χ2v) is 10.3. The van der Waals surface area contributed by atoms with Gasteiger partial charge in [0.25, 0.3) is 0 Å². The topological polar surface area (TPSA) is 157 Å². The molecule has 0 bridgehead atoms. The molecule has 0 saturated heterocycles. The third-order valence-corrected chi connectivity index (χ3v) is 5.83. The van der Waals surface area contributed by atoms with Crippen molar-refractivity contribution in [1.29, 1.82) is 0 Å². The lowest BCUT2D eigenvalue weighted by atomic mass is 9.99. The van der Waals surface area contributed by atoms with E-state index in [2.05, 4.69) is 22.3 Å². The van der Waals surface area contributed by atoms with E-state index in [1.165, 1.54) is 12.0 Å². The number of nitrogens with one attached hydrogen (secondary N) is 2. The highest BCUT2D eigenvalue weighted by molar-refractivity contribution is 5.95. The number of nitrogens with zero attached hydrogens (tertiary/aromatic N) is 1. The number of benzene rings is 1. The van der Waals surface area contributed by atoms with Crippen LogP contribution in [0.1, 0.15) is 83.9 Å². The number of primary amides is 1. The van der Waals surface area contributed by atoms with Gasteiger partial charge in [-0.05, 0) is 44.7 Å². The van der Waals surface area contributed by atoms with E-state index in [1.807, 2.05) is 19.1 Å². The SMILES string of the molecule is CCCCCCN(C(=O)C(CC(N)=O)NC(=O)OC(C)(C)C)C(C(=O)NCC(=O)OC)c1ccc(CC)cc1. The normalized spacial score (nSPS) is 12.6. The van der Waals surface area contributed by atoms with Crippen molar-refractivity contribution in [2.75, 3.05) is 20.2 Å². The first-order valence-electron chi connectivity index (χ1n) is 13.3. The van der Waals surface area contributed by atoms with E-state index in [4.69, 9.17) is 10.5 Å². The molecule has 0 aliphatic carbocycles. The van der Waals surface area contributed by atoms with Crippen LogP contribution in [0.25, 0.3) is 0 Å². The fourth-order valence-corrected chi connectivity index (χ4v) is 3.86. The maximum absolute atomic E-state index is 14.0. The molecule has 1 aromatic carbocycles. The third kappa shape index (κ3) is 12.2. The van der Waals surface area contributed by atoms with Crippen LogP contribution in [0.4, 0.5) is 4.79 Å². The number of hydrogen-bond donors (Lipinski definition) is 3. The fraction of sp³-hybridized carbons (Fsp3) is 0.607. The number of methoxy groups -OCH3 is 1. The lowest BCUT2D eigenvalue weighted by molar-refractivity contribution is -0.145. The predicted molar refractivity (Wildman–Crippen MR) is 146 cm³/mol. The lowest BCUT2D eigenvalue weighted by Gasteiger charge is -2.34. The zero-order valence-corrected chi connectivity index (χ0v) is 24.0. The van der Waals surface area contributed by atoms with Gasteiger partial charge < -0.3 is 30.7 Å². The van der Waals surface area contributed by atoms with Gasteiger partial charge in [0.05, 0.1) is 13.5 Å². The highest BCUT2D eigenvalue weighted by atomic mass is 16.6. The minimum absolute atomic E-state index is 0.163. The number of unbranched alkanes of at least 4 members (excludes halogenated alkanes) is 3. The minimum atomic E-state index is -1.37. The summed E-state index contributed by atoms with van der Waals surface area (Å²) in [4.78, 5) is 64.9.